The lowest BCUT2D eigenvalue weighted by atomic mass is 9.78. The van der Waals surface area contributed by atoms with E-state index in [4.69, 9.17) is 15.1 Å². The molecule has 1 aromatic carbocycles. The Bertz CT molecular complexity index is 835. The number of rotatable bonds is 6. The molecular formula is C17H23BCl2N4O5. The molecule has 1 saturated heterocycles. The number of nitrogens with one attached hydrogen (secondary N) is 1. The van der Waals surface area contributed by atoms with Crippen molar-refractivity contribution in [2.45, 2.75) is 24.9 Å². The predicted octanol–water partition coefficient (Wildman–Crippen LogP) is 1.13. The Hall–Kier alpha value is -1.98. The van der Waals surface area contributed by atoms with Crippen molar-refractivity contribution in [2.24, 2.45) is 5.73 Å². The number of benzene rings is 1. The lowest BCUT2D eigenvalue weighted by molar-refractivity contribution is 0.0151. The molecule has 2 aliphatic heterocycles. The van der Waals surface area contributed by atoms with Gasteiger partial charge in [-0.25, -0.2) is 9.78 Å². The Balaban J connectivity index is 0.00000150. The van der Waals surface area contributed by atoms with Gasteiger partial charge in [0.1, 0.15) is 23.2 Å². The molecule has 0 saturated carbocycles. The smallest absolute Gasteiger partial charge is 0.522 e. The molecule has 2 aliphatic rings. The molecule has 0 radical (unpaired) electrons. The maximum Gasteiger partial charge on any atom is 0.522 e. The molecule has 0 amide bonds. The minimum Gasteiger partial charge on any atom is -0.535 e. The Morgan fingerprint density at radius 2 is 2.21 bits per heavy atom. The number of nitrogens with two attached hydrogens (primary N) is 1. The molecule has 2 aromatic rings. The van der Waals surface area contributed by atoms with Crippen molar-refractivity contribution >= 4 is 37.9 Å². The molecular weight excluding hydrogens is 422 g/mol. The highest BCUT2D eigenvalue weighted by atomic mass is 35.5. The summed E-state index contributed by atoms with van der Waals surface area (Å²) in [5, 5.41) is 19.3. The van der Waals surface area contributed by atoms with Crippen LogP contribution in [0.3, 0.4) is 0 Å². The molecule has 5 N–H and O–H groups in total. The highest BCUT2D eigenvalue weighted by molar-refractivity contribution is 6.44. The summed E-state index contributed by atoms with van der Waals surface area (Å²) < 4.78 is 11.3. The van der Waals surface area contributed by atoms with E-state index in [0.29, 0.717) is 32.4 Å². The molecule has 1 unspecified atom stereocenters. The number of fused-ring (bicyclic) bond motifs is 1. The van der Waals surface area contributed by atoms with Crippen LogP contribution in [0.15, 0.2) is 24.7 Å². The second kappa shape index (κ2) is 9.68. The number of aromatic nitrogens is 2. The number of halogens is 2. The van der Waals surface area contributed by atoms with E-state index in [-0.39, 0.29) is 54.0 Å². The van der Waals surface area contributed by atoms with E-state index >= 15 is 0 Å². The average Bonchev–Trinajstić information content (AvgIpc) is 3.13. The van der Waals surface area contributed by atoms with E-state index in [2.05, 4.69) is 14.9 Å². The van der Waals surface area contributed by atoms with Crippen LogP contribution in [0.2, 0.25) is 6.32 Å². The quantitative estimate of drug-likeness (QED) is 0.487. The van der Waals surface area contributed by atoms with Crippen molar-refractivity contribution in [1.29, 1.82) is 0 Å². The number of carboxylic acids is 1. The number of hydrogen-bond acceptors (Lipinski definition) is 7. The maximum absolute atomic E-state index is 11.8. The van der Waals surface area contributed by atoms with Gasteiger partial charge < -0.3 is 30.2 Å². The number of ether oxygens (including phenoxy) is 1. The van der Waals surface area contributed by atoms with Gasteiger partial charge in [-0.3, -0.25) is 4.90 Å². The summed E-state index contributed by atoms with van der Waals surface area (Å²) in [5.74, 6) is -0.664. The van der Waals surface area contributed by atoms with Crippen LogP contribution in [0.25, 0.3) is 0 Å². The van der Waals surface area contributed by atoms with Gasteiger partial charge >= 0.3 is 13.1 Å². The van der Waals surface area contributed by atoms with E-state index in [1.807, 2.05) is 0 Å². The van der Waals surface area contributed by atoms with Crippen molar-refractivity contribution in [3.63, 3.8) is 0 Å². The molecule has 1 aromatic heterocycles. The SMILES string of the molecule is Cl.Cl.NC(CN1CC(Oc2ccc3c(c2C(=O)O)OB(O)CC3)C1)c1cnc[nH]1. The molecule has 4 rings (SSSR count). The van der Waals surface area contributed by atoms with E-state index in [0.717, 1.165) is 11.3 Å². The molecule has 3 heterocycles. The standard InChI is InChI=1S/C17H21BN4O5.2ClH/c19-12(13-5-20-9-21-13)8-22-6-11(7-22)26-14-2-1-10-3-4-18(25)27-16(10)15(14)17(23)24;;/h1-2,5,9,11-12,25H,3-4,6-8,19H2,(H,20,21)(H,23,24);2*1H. The molecule has 12 heteroatoms. The minimum absolute atomic E-state index is 0. The third kappa shape index (κ3) is 4.96. The molecule has 1 fully saturated rings. The van der Waals surface area contributed by atoms with Crippen molar-refractivity contribution in [3.8, 4) is 11.5 Å². The summed E-state index contributed by atoms with van der Waals surface area (Å²) in [6.07, 6.45) is 4.20. The first-order valence-corrected chi connectivity index (χ1v) is 8.88. The van der Waals surface area contributed by atoms with E-state index in [1.165, 1.54) is 0 Å². The van der Waals surface area contributed by atoms with Crippen LogP contribution in [-0.4, -0.2) is 63.8 Å². The van der Waals surface area contributed by atoms with Crippen LogP contribution >= 0.6 is 24.8 Å². The summed E-state index contributed by atoms with van der Waals surface area (Å²) in [6.45, 7) is 1.97. The number of imidazole rings is 1. The number of H-pyrrole nitrogens is 1. The lowest BCUT2D eigenvalue weighted by Gasteiger charge is -2.40. The molecule has 9 nitrogen and oxygen atoms in total. The van der Waals surface area contributed by atoms with Gasteiger partial charge in [-0.05, 0) is 24.4 Å². The van der Waals surface area contributed by atoms with Gasteiger partial charge in [0.2, 0.25) is 0 Å². The Morgan fingerprint density at radius 1 is 1.45 bits per heavy atom. The van der Waals surface area contributed by atoms with Gasteiger partial charge in [-0.15, -0.1) is 24.8 Å². The third-order valence-electron chi connectivity index (χ3n) is 4.92. The van der Waals surface area contributed by atoms with Gasteiger partial charge in [0, 0.05) is 25.8 Å². The number of hydrogen-bond donors (Lipinski definition) is 4. The van der Waals surface area contributed by atoms with Gasteiger partial charge in [-0.1, -0.05) is 6.07 Å². The Labute approximate surface area is 180 Å². The molecule has 0 spiro atoms. The van der Waals surface area contributed by atoms with Crippen LogP contribution in [-0.2, 0) is 6.42 Å². The van der Waals surface area contributed by atoms with E-state index < -0.39 is 13.1 Å². The molecule has 0 aliphatic carbocycles. The number of aryl methyl sites for hydroxylation is 1. The fourth-order valence-corrected chi connectivity index (χ4v) is 3.49. The first-order valence-electron chi connectivity index (χ1n) is 8.88. The van der Waals surface area contributed by atoms with Crippen molar-refractivity contribution in [2.75, 3.05) is 19.6 Å². The summed E-state index contributed by atoms with van der Waals surface area (Å²) in [4.78, 5) is 20.9. The predicted molar refractivity (Wildman–Crippen MR) is 111 cm³/mol. The molecule has 158 valence electrons. The molecule has 1 atom stereocenters. The minimum atomic E-state index is -1.13. The number of aromatic carboxylic acids is 1. The van der Waals surface area contributed by atoms with Crippen LogP contribution in [0, 0.1) is 0 Å². The molecule has 0 bridgehead atoms. The zero-order chi connectivity index (χ0) is 19.0. The number of carbonyl (C=O) groups is 1. The van der Waals surface area contributed by atoms with Crippen LogP contribution < -0.4 is 15.1 Å². The van der Waals surface area contributed by atoms with Crippen molar-refractivity contribution in [1.82, 2.24) is 14.9 Å². The van der Waals surface area contributed by atoms with Crippen LogP contribution in [0.4, 0.5) is 0 Å². The average molecular weight is 445 g/mol. The topological polar surface area (TPSA) is 134 Å². The van der Waals surface area contributed by atoms with Crippen LogP contribution in [0.1, 0.15) is 27.7 Å². The van der Waals surface area contributed by atoms with Gasteiger partial charge in [0.25, 0.3) is 0 Å². The van der Waals surface area contributed by atoms with Gasteiger partial charge in [-0.2, -0.15) is 0 Å². The zero-order valence-corrected chi connectivity index (χ0v) is 17.1. The van der Waals surface area contributed by atoms with E-state index in [1.54, 1.807) is 24.7 Å². The largest absolute Gasteiger partial charge is 0.535 e. The second-order valence-electron chi connectivity index (χ2n) is 6.92. The number of likely N-dealkylation sites (tertiary alicyclic amines) is 1. The number of aromatic amines is 1. The maximum atomic E-state index is 11.8. The van der Waals surface area contributed by atoms with Gasteiger partial charge in [0.05, 0.1) is 18.1 Å². The summed E-state index contributed by atoms with van der Waals surface area (Å²) >= 11 is 0. The summed E-state index contributed by atoms with van der Waals surface area (Å²) in [7, 11) is -0.992. The number of nitrogens with zero attached hydrogens (tertiary/aromatic N) is 2. The van der Waals surface area contributed by atoms with Crippen LogP contribution in [0.5, 0.6) is 11.5 Å². The second-order valence-corrected chi connectivity index (χ2v) is 6.92. The first-order chi connectivity index (χ1) is 13.0. The number of carboxylic acid groups (broad SMARTS) is 1. The Kier molecular flexibility index (Phi) is 7.78. The van der Waals surface area contributed by atoms with E-state index in [9.17, 15) is 14.9 Å². The van der Waals surface area contributed by atoms with Crippen molar-refractivity contribution in [3.05, 3.63) is 41.5 Å². The third-order valence-corrected chi connectivity index (χ3v) is 4.92. The zero-order valence-electron chi connectivity index (χ0n) is 15.5. The molecule has 29 heavy (non-hydrogen) atoms. The summed E-state index contributed by atoms with van der Waals surface area (Å²) in [6, 6.07) is 3.30. The highest BCUT2D eigenvalue weighted by Gasteiger charge is 2.34. The fourth-order valence-electron chi connectivity index (χ4n) is 3.49. The first kappa shape index (κ1) is 23.3. The normalized spacial score (nSPS) is 17.1. The van der Waals surface area contributed by atoms with Crippen molar-refractivity contribution < 1.29 is 24.3 Å². The lowest BCUT2D eigenvalue weighted by Crippen LogP contribution is -2.55. The fraction of sp³-hybridized carbons (Fsp3) is 0.412. The van der Waals surface area contributed by atoms with Gasteiger partial charge in [0.15, 0.2) is 0 Å². The highest BCUT2D eigenvalue weighted by Crippen LogP contribution is 2.37. The Morgan fingerprint density at radius 3 is 2.86 bits per heavy atom. The monoisotopic (exact) mass is 444 g/mol. The summed E-state index contributed by atoms with van der Waals surface area (Å²) in [5.41, 5.74) is 7.74.